The van der Waals surface area contributed by atoms with Gasteiger partial charge < -0.3 is 14.5 Å². The highest BCUT2D eigenvalue weighted by molar-refractivity contribution is 5.83. The van der Waals surface area contributed by atoms with Gasteiger partial charge in [0, 0.05) is 12.8 Å². The summed E-state index contributed by atoms with van der Waals surface area (Å²) in [6.07, 6.45) is 2.74. The third kappa shape index (κ3) is 5.44. The van der Waals surface area contributed by atoms with Crippen LogP contribution in [0.15, 0.2) is 52.4 Å². The molecule has 8 heteroatoms. The highest BCUT2D eigenvalue weighted by Gasteiger charge is 2.08. The Bertz CT molecular complexity index is 1110. The zero-order chi connectivity index (χ0) is 21.3. The normalized spacial score (nSPS) is 11.0. The Balaban J connectivity index is 1.56. The smallest absolute Gasteiger partial charge is 0.270 e. The molecule has 30 heavy (non-hydrogen) atoms. The summed E-state index contributed by atoms with van der Waals surface area (Å²) in [6, 6.07) is 12.7. The molecule has 8 nitrogen and oxygen atoms in total. The number of hydrogen-bond donors (Lipinski definition) is 2. The van der Waals surface area contributed by atoms with E-state index in [1.54, 1.807) is 25.3 Å². The summed E-state index contributed by atoms with van der Waals surface area (Å²) < 4.78 is 10.9. The van der Waals surface area contributed by atoms with Gasteiger partial charge in [0.25, 0.3) is 5.56 Å². The minimum atomic E-state index is -0.310. The van der Waals surface area contributed by atoms with Crippen LogP contribution in [0.4, 0.5) is 0 Å². The summed E-state index contributed by atoms with van der Waals surface area (Å²) in [5, 5.41) is 3.97. The molecule has 0 spiro atoms. The van der Waals surface area contributed by atoms with Crippen molar-refractivity contribution >= 4 is 23.2 Å². The number of rotatable bonds is 9. The van der Waals surface area contributed by atoms with Gasteiger partial charge in [0.1, 0.15) is 5.69 Å². The lowest BCUT2D eigenvalue weighted by molar-refractivity contribution is -0.121. The van der Waals surface area contributed by atoms with Crippen LogP contribution >= 0.6 is 0 Å². The molecule has 0 fully saturated rings. The van der Waals surface area contributed by atoms with Gasteiger partial charge in [-0.05, 0) is 42.3 Å². The molecule has 156 valence electrons. The number of benzene rings is 2. The van der Waals surface area contributed by atoms with Crippen molar-refractivity contribution in [1.82, 2.24) is 15.4 Å². The van der Waals surface area contributed by atoms with Crippen molar-refractivity contribution in [2.24, 2.45) is 5.10 Å². The Morgan fingerprint density at radius 2 is 2.07 bits per heavy atom. The number of aromatic nitrogens is 2. The number of hydrogen-bond acceptors (Lipinski definition) is 6. The van der Waals surface area contributed by atoms with Crippen molar-refractivity contribution in [1.29, 1.82) is 0 Å². The van der Waals surface area contributed by atoms with Crippen LogP contribution < -0.4 is 20.5 Å². The van der Waals surface area contributed by atoms with E-state index in [0.717, 1.165) is 12.0 Å². The molecule has 0 saturated heterocycles. The average Bonchev–Trinajstić information content (AvgIpc) is 2.76. The summed E-state index contributed by atoms with van der Waals surface area (Å²) in [5.41, 5.74) is 4.60. The Kier molecular flexibility index (Phi) is 7.15. The van der Waals surface area contributed by atoms with Crippen molar-refractivity contribution in [3.05, 3.63) is 64.1 Å². The Labute approximate surface area is 173 Å². The van der Waals surface area contributed by atoms with E-state index in [2.05, 4.69) is 20.5 Å². The first-order valence-electron chi connectivity index (χ1n) is 9.71. The number of para-hydroxylation sites is 2. The Morgan fingerprint density at radius 3 is 2.87 bits per heavy atom. The van der Waals surface area contributed by atoms with Crippen LogP contribution in [0.5, 0.6) is 11.5 Å². The number of H-pyrrole nitrogens is 1. The van der Waals surface area contributed by atoms with Gasteiger partial charge in [-0.25, -0.2) is 10.4 Å². The van der Waals surface area contributed by atoms with Crippen LogP contribution in [0, 0.1) is 0 Å². The third-order valence-electron chi connectivity index (χ3n) is 4.31. The van der Waals surface area contributed by atoms with E-state index in [0.29, 0.717) is 34.8 Å². The number of carbonyl (C=O) groups is 1. The van der Waals surface area contributed by atoms with Gasteiger partial charge in [-0.15, -0.1) is 0 Å². The molecule has 1 aromatic heterocycles. The standard InChI is InChI=1S/C22H24N4O4/c1-3-12-30-19-10-8-15(13-20(19)29-2)14-23-26-21(27)11-9-18-22(28)25-17-7-5-4-6-16(17)24-18/h4-8,10,13-14H,3,9,11-12H2,1-2H3,(H,25,28)(H,26,27)/b23-14+. The molecule has 0 aliphatic heterocycles. The number of aryl methyl sites for hydroxylation is 1. The van der Waals surface area contributed by atoms with Gasteiger partial charge in [-0.1, -0.05) is 19.1 Å². The molecular weight excluding hydrogens is 384 g/mol. The van der Waals surface area contributed by atoms with Crippen LogP contribution in [0.25, 0.3) is 11.0 Å². The zero-order valence-electron chi connectivity index (χ0n) is 17.0. The van der Waals surface area contributed by atoms with Crippen LogP contribution in [0.1, 0.15) is 31.0 Å². The first-order chi connectivity index (χ1) is 14.6. The summed E-state index contributed by atoms with van der Waals surface area (Å²) in [7, 11) is 1.57. The molecule has 0 atom stereocenters. The van der Waals surface area contributed by atoms with Crippen LogP contribution in [-0.4, -0.2) is 35.8 Å². The van der Waals surface area contributed by atoms with Crippen LogP contribution in [-0.2, 0) is 11.2 Å². The van der Waals surface area contributed by atoms with Crippen molar-refractivity contribution in [3.8, 4) is 11.5 Å². The molecule has 0 unspecified atom stereocenters. The lowest BCUT2D eigenvalue weighted by atomic mass is 10.2. The Hall–Kier alpha value is -3.68. The second kappa shape index (κ2) is 10.2. The quantitative estimate of drug-likeness (QED) is 0.418. The second-order valence-electron chi connectivity index (χ2n) is 6.58. The van der Waals surface area contributed by atoms with E-state index in [9.17, 15) is 9.59 Å². The minimum absolute atomic E-state index is 0.0961. The molecule has 0 aliphatic carbocycles. The predicted octanol–water partition coefficient (Wildman–Crippen LogP) is 2.80. The molecule has 1 heterocycles. The fraction of sp³-hybridized carbons (Fsp3) is 0.273. The van der Waals surface area contributed by atoms with E-state index < -0.39 is 0 Å². The highest BCUT2D eigenvalue weighted by Crippen LogP contribution is 2.27. The summed E-state index contributed by atoms with van der Waals surface area (Å²) in [5.74, 6) is 0.949. The van der Waals surface area contributed by atoms with Crippen LogP contribution in [0.2, 0.25) is 0 Å². The van der Waals surface area contributed by atoms with E-state index in [-0.39, 0.29) is 24.3 Å². The number of fused-ring (bicyclic) bond motifs is 1. The predicted molar refractivity (Wildman–Crippen MR) is 115 cm³/mol. The molecule has 3 aromatic rings. The van der Waals surface area contributed by atoms with Crippen molar-refractivity contribution in [3.63, 3.8) is 0 Å². The SMILES string of the molecule is CCCOc1ccc(/C=N/NC(=O)CCc2nc3ccccc3[nH]c2=O)cc1OC. The van der Waals surface area contributed by atoms with Gasteiger partial charge >= 0.3 is 0 Å². The fourth-order valence-corrected chi connectivity index (χ4v) is 2.80. The maximum Gasteiger partial charge on any atom is 0.270 e. The van der Waals surface area contributed by atoms with Gasteiger partial charge in [0.15, 0.2) is 11.5 Å². The van der Waals surface area contributed by atoms with E-state index in [1.807, 2.05) is 31.2 Å². The number of nitrogens with zero attached hydrogens (tertiary/aromatic N) is 2. The van der Waals surface area contributed by atoms with E-state index in [1.165, 1.54) is 6.21 Å². The van der Waals surface area contributed by atoms with E-state index in [4.69, 9.17) is 9.47 Å². The number of carbonyl (C=O) groups excluding carboxylic acids is 1. The lowest BCUT2D eigenvalue weighted by Gasteiger charge is -2.10. The van der Waals surface area contributed by atoms with Crippen LogP contribution in [0.3, 0.4) is 0 Å². The van der Waals surface area contributed by atoms with Crippen molar-refractivity contribution in [2.75, 3.05) is 13.7 Å². The topological polar surface area (TPSA) is 106 Å². The lowest BCUT2D eigenvalue weighted by Crippen LogP contribution is -2.21. The number of methoxy groups -OCH3 is 1. The molecule has 2 N–H and O–H groups in total. The average molecular weight is 408 g/mol. The summed E-state index contributed by atoms with van der Waals surface area (Å²) in [4.78, 5) is 31.3. The Morgan fingerprint density at radius 1 is 1.23 bits per heavy atom. The molecule has 1 amide bonds. The number of nitrogens with one attached hydrogen (secondary N) is 2. The molecule has 0 bridgehead atoms. The molecule has 2 aromatic carbocycles. The molecule has 0 radical (unpaired) electrons. The third-order valence-corrected chi connectivity index (χ3v) is 4.31. The number of aromatic amines is 1. The maximum atomic E-state index is 12.1. The van der Waals surface area contributed by atoms with Gasteiger partial charge in [-0.3, -0.25) is 9.59 Å². The number of amides is 1. The minimum Gasteiger partial charge on any atom is -0.493 e. The first-order valence-corrected chi connectivity index (χ1v) is 9.71. The molecular formula is C22H24N4O4. The monoisotopic (exact) mass is 408 g/mol. The largest absolute Gasteiger partial charge is 0.493 e. The fourth-order valence-electron chi connectivity index (χ4n) is 2.80. The summed E-state index contributed by atoms with van der Waals surface area (Å²) >= 11 is 0. The van der Waals surface area contributed by atoms with E-state index >= 15 is 0 Å². The summed E-state index contributed by atoms with van der Waals surface area (Å²) in [6.45, 7) is 2.64. The number of ether oxygens (including phenoxy) is 2. The van der Waals surface area contributed by atoms with Gasteiger partial charge in [0.05, 0.1) is 31.0 Å². The number of hydrazone groups is 1. The van der Waals surface area contributed by atoms with Crippen molar-refractivity contribution < 1.29 is 14.3 Å². The highest BCUT2D eigenvalue weighted by atomic mass is 16.5. The molecule has 3 rings (SSSR count). The molecule has 0 saturated carbocycles. The first kappa shape index (κ1) is 21.0. The molecule has 0 aliphatic rings. The van der Waals surface area contributed by atoms with Crippen molar-refractivity contribution in [2.45, 2.75) is 26.2 Å². The zero-order valence-corrected chi connectivity index (χ0v) is 17.0. The second-order valence-corrected chi connectivity index (χ2v) is 6.58. The van der Waals surface area contributed by atoms with Gasteiger partial charge in [0.2, 0.25) is 5.91 Å². The maximum absolute atomic E-state index is 12.1. The van der Waals surface area contributed by atoms with Gasteiger partial charge in [-0.2, -0.15) is 5.10 Å².